The number of carboxylic acids is 1. The zero-order chi connectivity index (χ0) is 13.3. The number of nitrogens with one attached hydrogen (secondary N) is 1. The minimum Gasteiger partial charge on any atom is -0.480 e. The fraction of sp³-hybridized carbons (Fsp3) is 0.857. The molecule has 2 aliphatic carbocycles. The Balaban J connectivity index is 1.92. The van der Waals surface area contributed by atoms with Crippen LogP contribution in [0.2, 0.25) is 0 Å². The van der Waals surface area contributed by atoms with E-state index in [2.05, 4.69) is 5.32 Å². The fourth-order valence-electron chi connectivity index (χ4n) is 3.29. The smallest absolute Gasteiger partial charge is 0.326 e. The maximum absolute atomic E-state index is 12.1. The van der Waals surface area contributed by atoms with Gasteiger partial charge in [-0.1, -0.05) is 33.1 Å². The molecule has 0 heterocycles. The van der Waals surface area contributed by atoms with Crippen LogP contribution in [0.1, 0.15) is 52.4 Å². The zero-order valence-electron chi connectivity index (χ0n) is 11.2. The van der Waals surface area contributed by atoms with E-state index < -0.39 is 12.0 Å². The molecule has 1 unspecified atom stereocenters. The Morgan fingerprint density at radius 1 is 1.39 bits per heavy atom. The van der Waals surface area contributed by atoms with Gasteiger partial charge < -0.3 is 10.4 Å². The van der Waals surface area contributed by atoms with E-state index in [0.29, 0.717) is 0 Å². The Kier molecular flexibility index (Phi) is 3.64. The molecule has 2 saturated carbocycles. The lowest BCUT2D eigenvalue weighted by atomic mass is 9.98. The third-order valence-electron chi connectivity index (χ3n) is 4.88. The van der Waals surface area contributed by atoms with Crippen molar-refractivity contribution in [1.29, 1.82) is 0 Å². The molecule has 2 N–H and O–H groups in total. The fourth-order valence-corrected chi connectivity index (χ4v) is 3.29. The van der Waals surface area contributed by atoms with E-state index in [1.165, 1.54) is 12.8 Å². The number of hydrogen-bond donors (Lipinski definition) is 2. The van der Waals surface area contributed by atoms with Gasteiger partial charge in [0.25, 0.3) is 0 Å². The molecule has 0 aromatic rings. The second-order valence-electron chi connectivity index (χ2n) is 6.04. The van der Waals surface area contributed by atoms with Crippen LogP contribution in [0.25, 0.3) is 0 Å². The minimum atomic E-state index is -0.918. The lowest BCUT2D eigenvalue weighted by molar-refractivity contribution is -0.143. The Morgan fingerprint density at radius 3 is 2.50 bits per heavy atom. The molecule has 0 bridgehead atoms. The highest BCUT2D eigenvalue weighted by Crippen LogP contribution is 2.62. The molecule has 102 valence electrons. The van der Waals surface area contributed by atoms with Crippen LogP contribution in [-0.4, -0.2) is 23.0 Å². The molecule has 0 saturated heterocycles. The van der Waals surface area contributed by atoms with Crippen LogP contribution in [-0.2, 0) is 9.59 Å². The van der Waals surface area contributed by atoms with Gasteiger partial charge in [0.1, 0.15) is 6.04 Å². The molecule has 18 heavy (non-hydrogen) atoms. The van der Waals surface area contributed by atoms with Crippen molar-refractivity contribution in [1.82, 2.24) is 5.32 Å². The first-order valence-electron chi connectivity index (χ1n) is 7.03. The van der Waals surface area contributed by atoms with Gasteiger partial charge in [0.15, 0.2) is 0 Å². The molecule has 0 aliphatic heterocycles. The van der Waals surface area contributed by atoms with Crippen molar-refractivity contribution in [3.05, 3.63) is 0 Å². The van der Waals surface area contributed by atoms with Crippen molar-refractivity contribution < 1.29 is 14.7 Å². The molecular weight excluding hydrogens is 230 g/mol. The second kappa shape index (κ2) is 4.90. The summed E-state index contributed by atoms with van der Waals surface area (Å²) >= 11 is 0. The summed E-state index contributed by atoms with van der Waals surface area (Å²) in [6.45, 7) is 3.82. The van der Waals surface area contributed by atoms with E-state index in [9.17, 15) is 9.59 Å². The molecule has 1 amide bonds. The number of carbonyl (C=O) groups is 2. The predicted octanol–water partition coefficient (Wildman–Crippen LogP) is 2.18. The van der Waals surface area contributed by atoms with Gasteiger partial charge in [0.05, 0.1) is 0 Å². The van der Waals surface area contributed by atoms with Crippen LogP contribution < -0.4 is 5.32 Å². The lowest BCUT2D eigenvalue weighted by Crippen LogP contribution is -2.46. The Bertz CT molecular complexity index is 347. The molecule has 4 heteroatoms. The van der Waals surface area contributed by atoms with Crippen LogP contribution >= 0.6 is 0 Å². The van der Waals surface area contributed by atoms with Crippen LogP contribution in [0.4, 0.5) is 0 Å². The number of carboxylic acid groups (broad SMARTS) is 1. The third kappa shape index (κ3) is 2.38. The highest BCUT2D eigenvalue weighted by molar-refractivity contribution is 5.87. The summed E-state index contributed by atoms with van der Waals surface area (Å²) in [4.78, 5) is 23.3. The average molecular weight is 253 g/mol. The molecule has 2 aliphatic rings. The largest absolute Gasteiger partial charge is 0.480 e. The number of carbonyl (C=O) groups excluding carboxylic acids is 1. The Hall–Kier alpha value is -1.06. The van der Waals surface area contributed by atoms with E-state index in [1.54, 1.807) is 0 Å². The maximum atomic E-state index is 12.1. The van der Waals surface area contributed by atoms with Crippen LogP contribution in [0.3, 0.4) is 0 Å². The topological polar surface area (TPSA) is 66.4 Å². The molecule has 3 atom stereocenters. The quantitative estimate of drug-likeness (QED) is 0.789. The average Bonchev–Trinajstić information content (AvgIpc) is 2.83. The summed E-state index contributed by atoms with van der Waals surface area (Å²) in [7, 11) is 0. The standard InChI is InChI=1S/C14H23NO3/c1-3-9(2)11(13(17)18)15-12(16)10-8-14(10)6-4-5-7-14/h9-11H,3-8H2,1-2H3,(H,15,16)(H,17,18)/t9-,10?,11-/m0/s1. The number of amides is 1. The normalized spacial score (nSPS) is 27.8. The van der Waals surface area contributed by atoms with Crippen molar-refractivity contribution >= 4 is 11.9 Å². The predicted molar refractivity (Wildman–Crippen MR) is 68.0 cm³/mol. The third-order valence-corrected chi connectivity index (χ3v) is 4.88. The SMILES string of the molecule is CC[C@H](C)[C@H](NC(=O)C1CC12CCCC2)C(=O)O. The van der Waals surface area contributed by atoms with Crippen molar-refractivity contribution in [2.24, 2.45) is 17.3 Å². The molecule has 1 spiro atoms. The Labute approximate surface area is 108 Å². The summed E-state index contributed by atoms with van der Waals surface area (Å²) in [5.41, 5.74) is 0.239. The van der Waals surface area contributed by atoms with Crippen LogP contribution in [0.15, 0.2) is 0 Å². The summed E-state index contributed by atoms with van der Waals surface area (Å²) in [6.07, 6.45) is 6.45. The lowest BCUT2D eigenvalue weighted by Gasteiger charge is -2.20. The summed E-state index contributed by atoms with van der Waals surface area (Å²) in [6, 6.07) is -0.735. The molecule has 2 rings (SSSR count). The number of hydrogen-bond acceptors (Lipinski definition) is 2. The van der Waals surface area contributed by atoms with Crippen molar-refractivity contribution in [2.45, 2.75) is 58.4 Å². The first-order valence-corrected chi connectivity index (χ1v) is 7.03. The van der Waals surface area contributed by atoms with Crippen molar-refractivity contribution in [2.75, 3.05) is 0 Å². The van der Waals surface area contributed by atoms with Gasteiger partial charge in [-0.2, -0.15) is 0 Å². The zero-order valence-corrected chi connectivity index (χ0v) is 11.2. The van der Waals surface area contributed by atoms with E-state index in [4.69, 9.17) is 5.11 Å². The van der Waals surface area contributed by atoms with Gasteiger partial charge >= 0.3 is 5.97 Å². The van der Waals surface area contributed by atoms with Crippen LogP contribution in [0, 0.1) is 17.3 Å². The summed E-state index contributed by atoms with van der Waals surface area (Å²) < 4.78 is 0. The Morgan fingerprint density at radius 2 is 2.00 bits per heavy atom. The molecule has 4 nitrogen and oxygen atoms in total. The van der Waals surface area contributed by atoms with E-state index in [0.717, 1.165) is 25.7 Å². The van der Waals surface area contributed by atoms with Gasteiger partial charge in [0.2, 0.25) is 5.91 Å². The number of rotatable bonds is 5. The minimum absolute atomic E-state index is 0.0234. The van der Waals surface area contributed by atoms with Gasteiger partial charge in [-0.25, -0.2) is 4.79 Å². The molecule has 2 fully saturated rings. The highest BCUT2D eigenvalue weighted by Gasteiger charge is 2.58. The van der Waals surface area contributed by atoms with Crippen molar-refractivity contribution in [3.8, 4) is 0 Å². The first-order chi connectivity index (χ1) is 8.50. The highest BCUT2D eigenvalue weighted by atomic mass is 16.4. The van der Waals surface area contributed by atoms with Gasteiger partial charge in [-0.05, 0) is 30.6 Å². The number of aliphatic carboxylic acids is 1. The molecule has 0 aromatic carbocycles. The molecule has 0 aromatic heterocycles. The van der Waals surface area contributed by atoms with Crippen LogP contribution in [0.5, 0.6) is 0 Å². The molecule has 0 radical (unpaired) electrons. The van der Waals surface area contributed by atoms with Gasteiger partial charge in [0, 0.05) is 5.92 Å². The summed E-state index contributed by atoms with van der Waals surface area (Å²) in [5, 5.41) is 11.9. The van der Waals surface area contributed by atoms with E-state index in [-0.39, 0.29) is 23.2 Å². The monoisotopic (exact) mass is 253 g/mol. The van der Waals surface area contributed by atoms with E-state index >= 15 is 0 Å². The first kappa shape index (κ1) is 13.4. The van der Waals surface area contributed by atoms with Gasteiger partial charge in [-0.15, -0.1) is 0 Å². The van der Waals surface area contributed by atoms with Gasteiger partial charge in [-0.3, -0.25) is 4.79 Å². The maximum Gasteiger partial charge on any atom is 0.326 e. The molecular formula is C14H23NO3. The van der Waals surface area contributed by atoms with E-state index in [1.807, 2.05) is 13.8 Å². The summed E-state index contributed by atoms with van der Waals surface area (Å²) in [5.74, 6) is -0.904. The second-order valence-corrected chi connectivity index (χ2v) is 6.04. The van der Waals surface area contributed by atoms with Crippen molar-refractivity contribution in [3.63, 3.8) is 0 Å².